The van der Waals surface area contributed by atoms with Crippen LogP contribution in [0, 0.1) is 18.6 Å². The number of piperazine rings is 2. The first-order valence-corrected chi connectivity index (χ1v) is 13.9. The van der Waals surface area contributed by atoms with E-state index < -0.39 is 11.6 Å². The third-order valence-corrected chi connectivity index (χ3v) is 7.79. The number of amides is 1. The third kappa shape index (κ3) is 5.57. The molecule has 2 saturated heterocycles. The van der Waals surface area contributed by atoms with Crippen molar-refractivity contribution in [1.82, 2.24) is 34.6 Å². The Morgan fingerprint density at radius 1 is 0.952 bits per heavy atom. The number of anilines is 3. The first kappa shape index (κ1) is 27.8. The number of rotatable bonds is 6. The van der Waals surface area contributed by atoms with E-state index in [0.717, 1.165) is 37.9 Å². The average molecular weight is 578 g/mol. The maximum Gasteiger partial charge on any atom is 0.263 e. The second-order valence-corrected chi connectivity index (χ2v) is 10.8. The van der Waals surface area contributed by atoms with E-state index in [1.807, 2.05) is 19.2 Å². The van der Waals surface area contributed by atoms with Gasteiger partial charge in [-0.05, 0) is 39.2 Å². The molecule has 0 bridgehead atoms. The molecule has 5 heterocycles. The van der Waals surface area contributed by atoms with E-state index in [1.165, 1.54) is 12.4 Å². The molecular weight excluding hydrogens is 544 g/mol. The van der Waals surface area contributed by atoms with Crippen molar-refractivity contribution in [2.45, 2.75) is 6.92 Å². The Bertz CT molecular complexity index is 1600. The van der Waals surface area contributed by atoms with E-state index in [9.17, 15) is 9.18 Å². The van der Waals surface area contributed by atoms with Crippen LogP contribution in [0.2, 0.25) is 0 Å². The van der Waals surface area contributed by atoms with E-state index in [2.05, 4.69) is 47.0 Å². The Kier molecular flexibility index (Phi) is 7.60. The lowest BCUT2D eigenvalue weighted by molar-refractivity contribution is 0.0661. The standard InChI is InChI=1S/C29H33F2N9O2/c1-18-14-20-25(31)22(15-21(30)26(20)35-18)42-28-24(29(41)40-12-8-38(3)9-13-40)27(33-17-34-28)36-23-5-4-19(16-32-23)39-10-6-37(2)7-11-39/h4-5,14-17,35H,6-13H2,1-3H3,(H,32,33,34,36). The number of carbonyl (C=O) groups excluding carboxylic acids is 1. The van der Waals surface area contributed by atoms with E-state index in [0.29, 0.717) is 37.7 Å². The van der Waals surface area contributed by atoms with Gasteiger partial charge in [0.05, 0.1) is 17.4 Å². The van der Waals surface area contributed by atoms with Gasteiger partial charge in [-0.1, -0.05) is 0 Å². The molecule has 42 heavy (non-hydrogen) atoms. The van der Waals surface area contributed by atoms with Gasteiger partial charge in [-0.15, -0.1) is 0 Å². The van der Waals surface area contributed by atoms with Gasteiger partial charge >= 0.3 is 0 Å². The molecule has 2 aliphatic rings. The molecule has 13 heteroatoms. The zero-order chi connectivity index (χ0) is 29.4. The van der Waals surface area contributed by atoms with Crippen molar-refractivity contribution in [2.75, 3.05) is 76.7 Å². The average Bonchev–Trinajstić information content (AvgIpc) is 3.39. The quantitative estimate of drug-likeness (QED) is 0.356. The number of likely N-dealkylation sites (N-methyl/N-ethyl adjacent to an activating group) is 2. The highest BCUT2D eigenvalue weighted by Gasteiger charge is 2.29. The highest BCUT2D eigenvalue weighted by atomic mass is 19.1. The van der Waals surface area contributed by atoms with Crippen LogP contribution in [0.3, 0.4) is 0 Å². The van der Waals surface area contributed by atoms with Gasteiger partial charge < -0.3 is 34.6 Å². The summed E-state index contributed by atoms with van der Waals surface area (Å²) in [6.45, 7) is 7.83. The molecule has 0 spiro atoms. The van der Waals surface area contributed by atoms with Gasteiger partial charge in [-0.25, -0.2) is 23.7 Å². The number of nitrogens with one attached hydrogen (secondary N) is 2. The summed E-state index contributed by atoms with van der Waals surface area (Å²) >= 11 is 0. The van der Waals surface area contributed by atoms with Crippen molar-refractivity contribution in [1.29, 1.82) is 0 Å². The minimum Gasteiger partial charge on any atom is -0.435 e. The van der Waals surface area contributed by atoms with E-state index >= 15 is 4.39 Å². The lowest BCUT2D eigenvalue weighted by Gasteiger charge is -2.33. The van der Waals surface area contributed by atoms with Crippen molar-refractivity contribution in [3.63, 3.8) is 0 Å². The van der Waals surface area contributed by atoms with E-state index in [1.54, 1.807) is 18.0 Å². The summed E-state index contributed by atoms with van der Waals surface area (Å²) in [5, 5.41) is 3.17. The highest BCUT2D eigenvalue weighted by molar-refractivity contribution is 6.01. The fraction of sp³-hybridized carbons (Fsp3) is 0.379. The number of aromatic amines is 1. The number of aryl methyl sites for hydroxylation is 1. The number of halogens is 2. The topological polar surface area (TPSA) is 106 Å². The summed E-state index contributed by atoms with van der Waals surface area (Å²) in [5.74, 6) is -1.77. The van der Waals surface area contributed by atoms with Crippen LogP contribution in [0.25, 0.3) is 10.9 Å². The second-order valence-electron chi connectivity index (χ2n) is 10.8. The number of benzene rings is 1. The zero-order valence-corrected chi connectivity index (χ0v) is 23.8. The molecule has 1 amide bonds. The van der Waals surface area contributed by atoms with Gasteiger partial charge in [-0.3, -0.25) is 4.79 Å². The number of H-pyrrole nitrogens is 1. The van der Waals surface area contributed by atoms with Crippen molar-refractivity contribution in [3.8, 4) is 11.6 Å². The van der Waals surface area contributed by atoms with Crippen molar-refractivity contribution < 1.29 is 18.3 Å². The molecule has 0 atom stereocenters. The lowest BCUT2D eigenvalue weighted by Crippen LogP contribution is -2.47. The first-order valence-electron chi connectivity index (χ1n) is 13.9. The van der Waals surface area contributed by atoms with Gasteiger partial charge in [0.2, 0.25) is 5.88 Å². The molecular formula is C29H33F2N9O2. The Morgan fingerprint density at radius 2 is 1.67 bits per heavy atom. The van der Waals surface area contributed by atoms with Crippen LogP contribution in [0.15, 0.2) is 36.8 Å². The van der Waals surface area contributed by atoms with Crippen LogP contribution in [-0.4, -0.2) is 107 Å². The van der Waals surface area contributed by atoms with Crippen molar-refractivity contribution in [3.05, 3.63) is 59.7 Å². The minimum absolute atomic E-state index is 0.0113. The molecule has 0 unspecified atom stereocenters. The van der Waals surface area contributed by atoms with Crippen LogP contribution in [0.5, 0.6) is 11.6 Å². The van der Waals surface area contributed by atoms with Gasteiger partial charge in [0.25, 0.3) is 5.91 Å². The molecule has 0 aliphatic carbocycles. The minimum atomic E-state index is -0.761. The summed E-state index contributed by atoms with van der Waals surface area (Å²) in [4.78, 5) is 38.1. The molecule has 220 valence electrons. The molecule has 2 aliphatic heterocycles. The van der Waals surface area contributed by atoms with Gasteiger partial charge in [0.1, 0.15) is 17.7 Å². The summed E-state index contributed by atoms with van der Waals surface area (Å²) < 4.78 is 36.2. The molecule has 1 aromatic carbocycles. The molecule has 2 N–H and O–H groups in total. The third-order valence-electron chi connectivity index (χ3n) is 7.79. The summed E-state index contributed by atoms with van der Waals surface area (Å²) in [5.41, 5.74) is 1.66. The summed E-state index contributed by atoms with van der Waals surface area (Å²) in [7, 11) is 4.09. The predicted molar refractivity (Wildman–Crippen MR) is 156 cm³/mol. The lowest BCUT2D eigenvalue weighted by atomic mass is 10.2. The number of pyridine rings is 1. The number of ether oxygens (including phenoxy) is 1. The van der Waals surface area contributed by atoms with Gasteiger partial charge in [-0.2, -0.15) is 0 Å². The van der Waals surface area contributed by atoms with Crippen molar-refractivity contribution in [2.24, 2.45) is 0 Å². The predicted octanol–water partition coefficient (Wildman–Crippen LogP) is 3.61. The largest absolute Gasteiger partial charge is 0.435 e. The number of hydrogen-bond donors (Lipinski definition) is 2. The molecule has 11 nitrogen and oxygen atoms in total. The molecule has 4 aromatic rings. The zero-order valence-electron chi connectivity index (χ0n) is 23.8. The van der Waals surface area contributed by atoms with Gasteiger partial charge in [0.15, 0.2) is 23.2 Å². The summed E-state index contributed by atoms with van der Waals surface area (Å²) in [6, 6.07) is 6.23. The fourth-order valence-electron chi connectivity index (χ4n) is 5.25. The van der Waals surface area contributed by atoms with E-state index in [4.69, 9.17) is 4.74 Å². The second kappa shape index (κ2) is 11.5. The number of carbonyl (C=O) groups is 1. The maximum atomic E-state index is 15.5. The number of fused-ring (bicyclic) bond motifs is 1. The number of aromatic nitrogens is 4. The monoisotopic (exact) mass is 577 g/mol. The normalized spacial score (nSPS) is 16.7. The smallest absolute Gasteiger partial charge is 0.263 e. The highest BCUT2D eigenvalue weighted by Crippen LogP contribution is 2.35. The van der Waals surface area contributed by atoms with Gasteiger partial charge in [0, 0.05) is 69.5 Å². The Morgan fingerprint density at radius 3 is 2.36 bits per heavy atom. The maximum absolute atomic E-state index is 15.5. The first-order chi connectivity index (χ1) is 20.3. The number of nitrogens with zero attached hydrogens (tertiary/aromatic N) is 7. The SMILES string of the molecule is Cc1cc2c(F)c(Oc3ncnc(Nc4ccc(N5CCN(C)CC5)cn4)c3C(=O)N3CCN(C)CC3)cc(F)c2[nH]1. The fourth-order valence-corrected chi connectivity index (χ4v) is 5.25. The molecule has 2 fully saturated rings. The summed E-state index contributed by atoms with van der Waals surface area (Å²) in [6.07, 6.45) is 2.99. The van der Waals surface area contributed by atoms with Crippen LogP contribution >= 0.6 is 0 Å². The molecule has 6 rings (SSSR count). The van der Waals surface area contributed by atoms with E-state index in [-0.39, 0.29) is 39.8 Å². The number of hydrogen-bond acceptors (Lipinski definition) is 9. The van der Waals surface area contributed by atoms with Crippen LogP contribution in [0.4, 0.5) is 26.1 Å². The van der Waals surface area contributed by atoms with Crippen molar-refractivity contribution >= 4 is 34.1 Å². The molecule has 0 saturated carbocycles. The van der Waals surface area contributed by atoms with Crippen LogP contribution in [0.1, 0.15) is 16.1 Å². The van der Waals surface area contributed by atoms with Crippen LogP contribution in [-0.2, 0) is 0 Å². The Hall–Kier alpha value is -4.36. The Balaban J connectivity index is 1.33. The molecule has 3 aromatic heterocycles. The Labute approximate surface area is 242 Å². The molecule has 0 radical (unpaired) electrons. The van der Waals surface area contributed by atoms with Crippen LogP contribution < -0.4 is 15.0 Å².